The second-order valence-electron chi connectivity index (χ2n) is 6.32. The van der Waals surface area contributed by atoms with Crippen LogP contribution in [-0.4, -0.2) is 29.6 Å². The van der Waals surface area contributed by atoms with Crippen molar-refractivity contribution in [1.82, 2.24) is 9.97 Å². The van der Waals surface area contributed by atoms with Gasteiger partial charge in [-0.25, -0.2) is 4.98 Å². The minimum atomic E-state index is -0.158. The Morgan fingerprint density at radius 1 is 1.25 bits per heavy atom. The Balaban J connectivity index is 1.52. The number of hydrogen-bond donors (Lipinski definition) is 1. The number of ether oxygens (including phenoxy) is 2. The van der Waals surface area contributed by atoms with Gasteiger partial charge in [0.1, 0.15) is 5.75 Å². The molecule has 0 aromatic carbocycles. The molecule has 1 aliphatic carbocycles. The first kappa shape index (κ1) is 16.5. The fourth-order valence-corrected chi connectivity index (χ4v) is 3.24. The highest BCUT2D eigenvalue weighted by Gasteiger charge is 2.24. The number of fused-ring (bicyclic) bond motifs is 1. The third kappa shape index (κ3) is 3.93. The minimum Gasteiger partial charge on any atom is -0.492 e. The van der Waals surface area contributed by atoms with Gasteiger partial charge in [0.05, 0.1) is 30.9 Å². The van der Waals surface area contributed by atoms with Crippen molar-refractivity contribution in [2.45, 2.75) is 32.1 Å². The molecule has 2 aromatic rings. The van der Waals surface area contributed by atoms with Gasteiger partial charge >= 0.3 is 0 Å². The molecule has 2 heterocycles. The van der Waals surface area contributed by atoms with E-state index in [4.69, 9.17) is 15.2 Å². The second kappa shape index (κ2) is 7.47. The summed E-state index contributed by atoms with van der Waals surface area (Å²) in [7, 11) is 1.59. The summed E-state index contributed by atoms with van der Waals surface area (Å²) in [6, 6.07) is 5.55. The molecule has 0 radical (unpaired) electrons. The molecule has 2 aromatic heterocycles. The van der Waals surface area contributed by atoms with Crippen molar-refractivity contribution in [2.24, 2.45) is 17.6 Å². The molecule has 2 N–H and O–H groups in total. The average Bonchev–Trinajstić information content (AvgIpc) is 2.61. The quantitative estimate of drug-likeness (QED) is 0.880. The summed E-state index contributed by atoms with van der Waals surface area (Å²) >= 11 is 0. The van der Waals surface area contributed by atoms with Crippen molar-refractivity contribution in [1.29, 1.82) is 0 Å². The summed E-state index contributed by atoms with van der Waals surface area (Å²) in [5.74, 6) is 1.79. The molecule has 1 aliphatic rings. The van der Waals surface area contributed by atoms with E-state index in [2.05, 4.69) is 9.97 Å². The fourth-order valence-electron chi connectivity index (χ4n) is 3.24. The van der Waals surface area contributed by atoms with E-state index in [0.717, 1.165) is 43.1 Å². The summed E-state index contributed by atoms with van der Waals surface area (Å²) in [6.45, 7) is 0.642. The lowest BCUT2D eigenvalue weighted by atomic mass is 9.80. The second-order valence-corrected chi connectivity index (χ2v) is 6.32. The van der Waals surface area contributed by atoms with Gasteiger partial charge in [0.15, 0.2) is 0 Å². The molecule has 0 bridgehead atoms. The van der Waals surface area contributed by atoms with Crippen LogP contribution in [0.5, 0.6) is 11.6 Å². The topological polar surface area (TPSA) is 87.3 Å². The van der Waals surface area contributed by atoms with Gasteiger partial charge in [-0.2, -0.15) is 0 Å². The number of primary amides is 1. The van der Waals surface area contributed by atoms with E-state index < -0.39 is 0 Å². The van der Waals surface area contributed by atoms with Crippen LogP contribution in [0.25, 0.3) is 11.0 Å². The highest BCUT2D eigenvalue weighted by molar-refractivity contribution is 5.76. The summed E-state index contributed by atoms with van der Waals surface area (Å²) in [5, 5.41) is 0. The number of amides is 1. The molecule has 1 saturated carbocycles. The molecule has 6 nitrogen and oxygen atoms in total. The van der Waals surface area contributed by atoms with Crippen LogP contribution in [0.15, 0.2) is 24.4 Å². The smallest absolute Gasteiger partial charge is 0.220 e. The van der Waals surface area contributed by atoms with Crippen LogP contribution in [0.3, 0.4) is 0 Å². The first-order valence-electron chi connectivity index (χ1n) is 8.38. The molecule has 6 heteroatoms. The number of rotatable bonds is 6. The van der Waals surface area contributed by atoms with Crippen molar-refractivity contribution in [3.63, 3.8) is 0 Å². The molecule has 3 rings (SSSR count). The zero-order valence-corrected chi connectivity index (χ0v) is 13.9. The number of aromatic nitrogens is 2. The minimum absolute atomic E-state index is 0.0629. The number of carbonyl (C=O) groups is 1. The van der Waals surface area contributed by atoms with Crippen LogP contribution < -0.4 is 15.2 Å². The lowest BCUT2D eigenvalue weighted by Gasteiger charge is -2.26. The predicted octanol–water partition coefficient (Wildman–Crippen LogP) is 2.70. The monoisotopic (exact) mass is 329 g/mol. The van der Waals surface area contributed by atoms with Gasteiger partial charge in [-0.05, 0) is 44.1 Å². The van der Waals surface area contributed by atoms with E-state index in [1.54, 1.807) is 19.4 Å². The number of methoxy groups -OCH3 is 1. The Kier molecular flexibility index (Phi) is 5.13. The van der Waals surface area contributed by atoms with Gasteiger partial charge < -0.3 is 15.2 Å². The standard InChI is InChI=1S/C18H23N3O3/c1-23-17-7-6-15-16(21-17)10-14(11-20-15)24-9-8-12-2-4-13(5-3-12)18(19)22/h6-7,10-13H,2-5,8-9H2,1H3,(H2,19,22). The molecule has 1 amide bonds. The van der Waals surface area contributed by atoms with Crippen LogP contribution in [0, 0.1) is 11.8 Å². The Morgan fingerprint density at radius 3 is 2.75 bits per heavy atom. The first-order valence-corrected chi connectivity index (χ1v) is 8.38. The zero-order chi connectivity index (χ0) is 16.9. The molecule has 1 fully saturated rings. The molecule has 24 heavy (non-hydrogen) atoms. The van der Waals surface area contributed by atoms with E-state index in [9.17, 15) is 4.79 Å². The van der Waals surface area contributed by atoms with Crippen molar-refractivity contribution in [3.05, 3.63) is 24.4 Å². The Bertz CT molecular complexity index is 712. The van der Waals surface area contributed by atoms with Crippen LogP contribution in [-0.2, 0) is 4.79 Å². The molecule has 0 atom stereocenters. The number of carbonyl (C=O) groups excluding carboxylic acids is 1. The lowest BCUT2D eigenvalue weighted by molar-refractivity contribution is -0.122. The summed E-state index contributed by atoms with van der Waals surface area (Å²) in [4.78, 5) is 19.9. The lowest BCUT2D eigenvalue weighted by Crippen LogP contribution is -2.28. The Hall–Kier alpha value is -2.37. The van der Waals surface area contributed by atoms with E-state index >= 15 is 0 Å². The van der Waals surface area contributed by atoms with Crippen LogP contribution in [0.1, 0.15) is 32.1 Å². The van der Waals surface area contributed by atoms with Crippen molar-refractivity contribution < 1.29 is 14.3 Å². The van der Waals surface area contributed by atoms with E-state index in [1.807, 2.05) is 12.1 Å². The largest absolute Gasteiger partial charge is 0.492 e. The van der Waals surface area contributed by atoms with Crippen molar-refractivity contribution in [2.75, 3.05) is 13.7 Å². The van der Waals surface area contributed by atoms with Gasteiger partial charge in [-0.15, -0.1) is 0 Å². The molecular weight excluding hydrogens is 306 g/mol. The molecule has 0 aliphatic heterocycles. The Morgan fingerprint density at radius 2 is 2.04 bits per heavy atom. The average molecular weight is 329 g/mol. The molecule has 0 saturated heterocycles. The van der Waals surface area contributed by atoms with Crippen molar-refractivity contribution >= 4 is 16.9 Å². The first-order chi connectivity index (χ1) is 11.7. The SMILES string of the molecule is COc1ccc2ncc(OCCC3CCC(C(N)=O)CC3)cc2n1. The zero-order valence-electron chi connectivity index (χ0n) is 13.9. The van der Waals surface area contributed by atoms with Gasteiger partial charge in [-0.1, -0.05) is 0 Å². The summed E-state index contributed by atoms with van der Waals surface area (Å²) < 4.78 is 11.0. The highest BCUT2D eigenvalue weighted by atomic mass is 16.5. The fraction of sp³-hybridized carbons (Fsp3) is 0.500. The maximum Gasteiger partial charge on any atom is 0.220 e. The van der Waals surface area contributed by atoms with Gasteiger partial charge in [0.25, 0.3) is 0 Å². The van der Waals surface area contributed by atoms with Crippen LogP contribution >= 0.6 is 0 Å². The number of hydrogen-bond acceptors (Lipinski definition) is 5. The van der Waals surface area contributed by atoms with Gasteiger partial charge in [-0.3, -0.25) is 9.78 Å². The molecule has 128 valence electrons. The number of pyridine rings is 2. The van der Waals surface area contributed by atoms with Gasteiger partial charge in [0.2, 0.25) is 11.8 Å². The number of nitrogens with two attached hydrogens (primary N) is 1. The number of nitrogens with zero attached hydrogens (tertiary/aromatic N) is 2. The van der Waals surface area contributed by atoms with E-state index in [-0.39, 0.29) is 11.8 Å². The summed E-state index contributed by atoms with van der Waals surface area (Å²) in [5.41, 5.74) is 6.94. The summed E-state index contributed by atoms with van der Waals surface area (Å²) in [6.07, 6.45) is 6.61. The Labute approximate surface area is 141 Å². The van der Waals surface area contributed by atoms with Gasteiger partial charge in [0, 0.05) is 18.1 Å². The van der Waals surface area contributed by atoms with Crippen LogP contribution in [0.4, 0.5) is 0 Å². The maximum absolute atomic E-state index is 11.2. The van der Waals surface area contributed by atoms with E-state index in [0.29, 0.717) is 24.2 Å². The van der Waals surface area contributed by atoms with Crippen molar-refractivity contribution in [3.8, 4) is 11.6 Å². The normalized spacial score (nSPS) is 20.7. The molecule has 0 unspecified atom stereocenters. The predicted molar refractivity (Wildman–Crippen MR) is 90.8 cm³/mol. The van der Waals surface area contributed by atoms with E-state index in [1.165, 1.54) is 0 Å². The van der Waals surface area contributed by atoms with Crippen LogP contribution in [0.2, 0.25) is 0 Å². The third-order valence-electron chi connectivity index (χ3n) is 4.74. The highest BCUT2D eigenvalue weighted by Crippen LogP contribution is 2.30. The third-order valence-corrected chi connectivity index (χ3v) is 4.74. The maximum atomic E-state index is 11.2. The molecular formula is C18H23N3O3. The molecule has 0 spiro atoms.